The van der Waals surface area contributed by atoms with E-state index in [1.54, 1.807) is 31.4 Å². The molecule has 2 N–H and O–H groups in total. The molecule has 0 aliphatic heterocycles. The number of carbonyl (C=O) groups excluding carboxylic acids is 1. The molecule has 132 valence electrons. The number of carboxylic acids is 1. The van der Waals surface area contributed by atoms with Crippen molar-refractivity contribution in [3.05, 3.63) is 70.2 Å². The van der Waals surface area contributed by atoms with Crippen LogP contribution in [0.1, 0.15) is 34.5 Å². The standard InChI is InChI=1S/C19H20ClNO4/c1-12(18(25-2)14-7-9-16(20)10-8-14)21-17(22)11-13-3-5-15(6-4-13)19(23)24/h3-10,12,18H,11H2,1-2H3,(H,21,22)(H,23,24). The summed E-state index contributed by atoms with van der Waals surface area (Å²) in [6, 6.07) is 13.3. The summed E-state index contributed by atoms with van der Waals surface area (Å²) in [5.41, 5.74) is 1.86. The molecule has 0 radical (unpaired) electrons. The number of methoxy groups -OCH3 is 1. The maximum atomic E-state index is 12.2. The Bertz CT molecular complexity index is 728. The van der Waals surface area contributed by atoms with Gasteiger partial charge in [-0.2, -0.15) is 0 Å². The predicted octanol–water partition coefficient (Wildman–Crippen LogP) is 3.47. The average Bonchev–Trinajstić information content (AvgIpc) is 2.57. The lowest BCUT2D eigenvalue weighted by atomic mass is 10.0. The molecule has 0 spiro atoms. The molecule has 2 atom stereocenters. The molecule has 2 rings (SSSR count). The van der Waals surface area contributed by atoms with Crippen molar-refractivity contribution in [2.24, 2.45) is 0 Å². The zero-order valence-corrected chi connectivity index (χ0v) is 14.8. The predicted molar refractivity (Wildman–Crippen MR) is 95.9 cm³/mol. The van der Waals surface area contributed by atoms with Gasteiger partial charge in [0, 0.05) is 12.1 Å². The number of amides is 1. The summed E-state index contributed by atoms with van der Waals surface area (Å²) >= 11 is 5.90. The molecule has 0 aromatic heterocycles. The fourth-order valence-electron chi connectivity index (χ4n) is 2.61. The Balaban J connectivity index is 1.98. The number of halogens is 1. The molecule has 6 heteroatoms. The molecule has 0 fully saturated rings. The number of carbonyl (C=O) groups is 2. The van der Waals surface area contributed by atoms with Crippen molar-refractivity contribution in [1.29, 1.82) is 0 Å². The van der Waals surface area contributed by atoms with Gasteiger partial charge in [-0.15, -0.1) is 0 Å². The third-order valence-electron chi connectivity index (χ3n) is 3.86. The SMILES string of the molecule is COC(c1ccc(Cl)cc1)C(C)NC(=O)Cc1ccc(C(=O)O)cc1. The first-order valence-electron chi connectivity index (χ1n) is 7.80. The highest BCUT2D eigenvalue weighted by atomic mass is 35.5. The first-order valence-corrected chi connectivity index (χ1v) is 8.18. The Morgan fingerprint density at radius 3 is 2.24 bits per heavy atom. The molecule has 1 amide bonds. The molecule has 0 saturated carbocycles. The first-order chi connectivity index (χ1) is 11.9. The van der Waals surface area contributed by atoms with Crippen LogP contribution < -0.4 is 5.32 Å². The quantitative estimate of drug-likeness (QED) is 0.791. The third kappa shape index (κ3) is 5.31. The largest absolute Gasteiger partial charge is 0.478 e. The average molecular weight is 362 g/mol. The van der Waals surface area contributed by atoms with E-state index in [2.05, 4.69) is 5.32 Å². The summed E-state index contributed by atoms with van der Waals surface area (Å²) in [6.45, 7) is 1.87. The molecular weight excluding hydrogens is 342 g/mol. The zero-order valence-electron chi connectivity index (χ0n) is 14.0. The highest BCUT2D eigenvalue weighted by molar-refractivity contribution is 6.30. The van der Waals surface area contributed by atoms with Gasteiger partial charge in [0.1, 0.15) is 6.10 Å². The molecule has 0 bridgehead atoms. The highest BCUT2D eigenvalue weighted by Crippen LogP contribution is 2.22. The zero-order chi connectivity index (χ0) is 18.4. The maximum Gasteiger partial charge on any atom is 0.335 e. The fraction of sp³-hybridized carbons (Fsp3) is 0.263. The van der Waals surface area contributed by atoms with Gasteiger partial charge in [0.05, 0.1) is 18.0 Å². The van der Waals surface area contributed by atoms with E-state index in [4.69, 9.17) is 21.4 Å². The van der Waals surface area contributed by atoms with Crippen LogP contribution in [-0.4, -0.2) is 30.1 Å². The van der Waals surface area contributed by atoms with Gasteiger partial charge in [0.2, 0.25) is 5.91 Å². The van der Waals surface area contributed by atoms with Crippen LogP contribution in [0.15, 0.2) is 48.5 Å². The van der Waals surface area contributed by atoms with Crippen LogP contribution in [0.4, 0.5) is 0 Å². The Morgan fingerprint density at radius 2 is 1.72 bits per heavy atom. The normalized spacial score (nSPS) is 13.1. The number of ether oxygens (including phenoxy) is 1. The van der Waals surface area contributed by atoms with Gasteiger partial charge in [-0.3, -0.25) is 4.79 Å². The van der Waals surface area contributed by atoms with Gasteiger partial charge in [-0.1, -0.05) is 35.9 Å². The smallest absolute Gasteiger partial charge is 0.335 e. The van der Waals surface area contributed by atoms with Crippen LogP contribution in [0.2, 0.25) is 5.02 Å². The Kier molecular flexibility index (Phi) is 6.56. The minimum Gasteiger partial charge on any atom is -0.478 e. The summed E-state index contributed by atoms with van der Waals surface area (Å²) in [5.74, 6) is -1.15. The number of aromatic carboxylic acids is 1. The Morgan fingerprint density at radius 1 is 1.12 bits per heavy atom. The van der Waals surface area contributed by atoms with E-state index in [1.807, 2.05) is 19.1 Å². The minimum atomic E-state index is -0.990. The number of carboxylic acid groups (broad SMARTS) is 1. The summed E-state index contributed by atoms with van der Waals surface area (Å²) in [5, 5.41) is 12.4. The molecule has 25 heavy (non-hydrogen) atoms. The molecule has 0 aliphatic carbocycles. The second kappa shape index (κ2) is 8.65. The van der Waals surface area contributed by atoms with E-state index in [1.165, 1.54) is 12.1 Å². The lowest BCUT2D eigenvalue weighted by molar-refractivity contribution is -0.122. The number of hydrogen-bond acceptors (Lipinski definition) is 3. The molecule has 0 aliphatic rings. The van der Waals surface area contributed by atoms with Crippen molar-refractivity contribution in [3.8, 4) is 0 Å². The van der Waals surface area contributed by atoms with Crippen LogP contribution in [-0.2, 0) is 16.0 Å². The van der Waals surface area contributed by atoms with E-state index >= 15 is 0 Å². The molecule has 2 aromatic carbocycles. The molecule has 2 unspecified atom stereocenters. The second-order valence-corrected chi connectivity index (χ2v) is 6.18. The van der Waals surface area contributed by atoms with Crippen LogP contribution in [0, 0.1) is 0 Å². The van der Waals surface area contributed by atoms with E-state index in [9.17, 15) is 9.59 Å². The van der Waals surface area contributed by atoms with Crippen molar-refractivity contribution >= 4 is 23.5 Å². The molecule has 0 saturated heterocycles. The number of rotatable bonds is 7. The van der Waals surface area contributed by atoms with Crippen molar-refractivity contribution in [3.63, 3.8) is 0 Å². The second-order valence-electron chi connectivity index (χ2n) is 5.74. The van der Waals surface area contributed by atoms with Crippen molar-refractivity contribution in [1.82, 2.24) is 5.32 Å². The topological polar surface area (TPSA) is 75.6 Å². The summed E-state index contributed by atoms with van der Waals surface area (Å²) < 4.78 is 5.51. The molecule has 2 aromatic rings. The van der Waals surface area contributed by atoms with Gasteiger partial charge in [0.15, 0.2) is 0 Å². The van der Waals surface area contributed by atoms with E-state index < -0.39 is 5.97 Å². The first kappa shape index (κ1) is 19.0. The number of nitrogens with one attached hydrogen (secondary N) is 1. The van der Waals surface area contributed by atoms with Crippen molar-refractivity contribution < 1.29 is 19.4 Å². The van der Waals surface area contributed by atoms with Gasteiger partial charge in [-0.25, -0.2) is 4.79 Å². The summed E-state index contributed by atoms with van der Waals surface area (Å²) in [4.78, 5) is 23.1. The third-order valence-corrected chi connectivity index (χ3v) is 4.11. The Labute approximate surface area is 151 Å². The maximum absolute atomic E-state index is 12.2. The fourth-order valence-corrected chi connectivity index (χ4v) is 2.74. The van der Waals surface area contributed by atoms with Gasteiger partial charge in [0.25, 0.3) is 0 Å². The lowest BCUT2D eigenvalue weighted by Gasteiger charge is -2.24. The van der Waals surface area contributed by atoms with Gasteiger partial charge < -0.3 is 15.2 Å². The number of benzene rings is 2. The van der Waals surface area contributed by atoms with Crippen molar-refractivity contribution in [2.45, 2.75) is 25.5 Å². The van der Waals surface area contributed by atoms with Crippen LogP contribution >= 0.6 is 11.6 Å². The van der Waals surface area contributed by atoms with E-state index in [0.717, 1.165) is 11.1 Å². The molecular formula is C19H20ClNO4. The summed E-state index contributed by atoms with van der Waals surface area (Å²) in [7, 11) is 1.59. The van der Waals surface area contributed by atoms with Crippen LogP contribution in [0.5, 0.6) is 0 Å². The number of hydrogen-bond donors (Lipinski definition) is 2. The van der Waals surface area contributed by atoms with Crippen LogP contribution in [0.25, 0.3) is 0 Å². The molecule has 0 heterocycles. The monoisotopic (exact) mass is 361 g/mol. The minimum absolute atomic E-state index is 0.161. The lowest BCUT2D eigenvalue weighted by Crippen LogP contribution is -2.38. The van der Waals surface area contributed by atoms with Gasteiger partial charge in [-0.05, 0) is 42.3 Å². The molecule has 5 nitrogen and oxygen atoms in total. The highest BCUT2D eigenvalue weighted by Gasteiger charge is 2.20. The van der Waals surface area contributed by atoms with Crippen molar-refractivity contribution in [2.75, 3.05) is 7.11 Å². The van der Waals surface area contributed by atoms with E-state index in [0.29, 0.717) is 5.02 Å². The van der Waals surface area contributed by atoms with Gasteiger partial charge >= 0.3 is 5.97 Å². The Hall–Kier alpha value is -2.37. The summed E-state index contributed by atoms with van der Waals surface area (Å²) in [6.07, 6.45) is -0.128. The van der Waals surface area contributed by atoms with E-state index in [-0.39, 0.29) is 30.0 Å². The van der Waals surface area contributed by atoms with Crippen LogP contribution in [0.3, 0.4) is 0 Å².